The van der Waals surface area contributed by atoms with Gasteiger partial charge < -0.3 is 10.2 Å². The van der Waals surface area contributed by atoms with Gasteiger partial charge in [0.05, 0.1) is 18.2 Å². The highest BCUT2D eigenvalue weighted by Crippen LogP contribution is 2.41. The summed E-state index contributed by atoms with van der Waals surface area (Å²) in [4.78, 5) is 19.3. The molecule has 1 N–H and O–H groups in total. The highest BCUT2D eigenvalue weighted by Gasteiger charge is 2.44. The molecule has 0 aliphatic carbocycles. The van der Waals surface area contributed by atoms with Gasteiger partial charge in [-0.05, 0) is 30.2 Å². The molecule has 2 aromatic carbocycles. The summed E-state index contributed by atoms with van der Waals surface area (Å²) in [6, 6.07) is 14.0. The number of amides is 1. The maximum atomic E-state index is 13.3. The van der Waals surface area contributed by atoms with Gasteiger partial charge >= 0.3 is 6.18 Å². The summed E-state index contributed by atoms with van der Waals surface area (Å²) in [6.07, 6.45) is -4.45. The maximum absolute atomic E-state index is 13.3. The highest BCUT2D eigenvalue weighted by molar-refractivity contribution is 6.48. The van der Waals surface area contributed by atoms with E-state index in [2.05, 4.69) is 10.3 Å². The largest absolute Gasteiger partial charge is 0.416 e. The number of fused-ring (bicyclic) bond motifs is 1. The van der Waals surface area contributed by atoms with Crippen molar-refractivity contribution in [1.82, 2.24) is 10.2 Å². The second kappa shape index (κ2) is 7.39. The highest BCUT2D eigenvalue weighted by atomic mass is 19.4. The van der Waals surface area contributed by atoms with Crippen LogP contribution in [-0.2, 0) is 17.5 Å². The van der Waals surface area contributed by atoms with Crippen LogP contribution in [0.4, 0.5) is 13.2 Å². The minimum atomic E-state index is -4.45. The van der Waals surface area contributed by atoms with Gasteiger partial charge in [-0.25, -0.2) is 0 Å². The Bertz CT molecular complexity index is 996. The van der Waals surface area contributed by atoms with Crippen LogP contribution in [0.2, 0.25) is 0 Å². The van der Waals surface area contributed by atoms with Crippen LogP contribution < -0.4 is 5.32 Å². The van der Waals surface area contributed by atoms with Crippen LogP contribution in [0.1, 0.15) is 29.7 Å². The standard InChI is InChI=1S/C22H20F3N3O/c1-14-18-19(27-11-10-26-14)21(29)28(13-15-6-3-2-4-7-15)20(18)16-8-5-9-17(12-16)22(23,24)25/h2-9,12,20,26H,10-11,13H2,1H3. The molecule has 2 aliphatic heterocycles. The summed E-state index contributed by atoms with van der Waals surface area (Å²) in [5.41, 5.74) is 2.36. The molecular formula is C22H20F3N3O. The molecule has 0 spiro atoms. The first-order valence-electron chi connectivity index (χ1n) is 9.38. The van der Waals surface area contributed by atoms with Gasteiger partial charge in [0.1, 0.15) is 5.71 Å². The number of likely N-dealkylation sites (tertiary alicyclic amines) is 1. The first-order chi connectivity index (χ1) is 13.9. The summed E-state index contributed by atoms with van der Waals surface area (Å²) in [5, 5.41) is 3.23. The van der Waals surface area contributed by atoms with Crippen molar-refractivity contribution >= 4 is 11.6 Å². The number of aliphatic imine (C=N–C) groups is 1. The second-order valence-electron chi connectivity index (χ2n) is 7.14. The van der Waals surface area contributed by atoms with Crippen LogP contribution in [0, 0.1) is 0 Å². The van der Waals surface area contributed by atoms with Crippen LogP contribution in [0.3, 0.4) is 0 Å². The summed E-state index contributed by atoms with van der Waals surface area (Å²) in [7, 11) is 0. The van der Waals surface area contributed by atoms with Gasteiger partial charge in [-0.1, -0.05) is 42.5 Å². The fraction of sp³-hybridized carbons (Fsp3) is 0.273. The minimum absolute atomic E-state index is 0.255. The Labute approximate surface area is 166 Å². The Kier molecular flexibility index (Phi) is 4.90. The third kappa shape index (κ3) is 3.64. The van der Waals surface area contributed by atoms with E-state index in [1.165, 1.54) is 6.07 Å². The molecule has 1 fully saturated rings. The van der Waals surface area contributed by atoms with Crippen LogP contribution >= 0.6 is 0 Å². The van der Waals surface area contributed by atoms with Crippen molar-refractivity contribution < 1.29 is 18.0 Å². The second-order valence-corrected chi connectivity index (χ2v) is 7.14. The predicted octanol–water partition coefficient (Wildman–Crippen LogP) is 4.11. The van der Waals surface area contributed by atoms with E-state index in [1.54, 1.807) is 11.0 Å². The number of hydrogen-bond acceptors (Lipinski definition) is 3. The van der Waals surface area contributed by atoms with E-state index in [1.807, 2.05) is 37.3 Å². The number of halogens is 3. The smallest absolute Gasteiger partial charge is 0.386 e. The van der Waals surface area contributed by atoms with E-state index in [0.717, 1.165) is 23.4 Å². The van der Waals surface area contributed by atoms with Crippen molar-refractivity contribution in [3.8, 4) is 0 Å². The Balaban J connectivity index is 1.85. The average Bonchev–Trinajstić information content (AvgIpc) is 2.83. The number of hydrogen-bond donors (Lipinski definition) is 1. The van der Waals surface area contributed by atoms with E-state index >= 15 is 0 Å². The number of rotatable bonds is 3. The van der Waals surface area contributed by atoms with Crippen molar-refractivity contribution in [2.75, 3.05) is 13.1 Å². The van der Waals surface area contributed by atoms with E-state index in [4.69, 9.17) is 0 Å². The number of carbonyl (C=O) groups is 1. The zero-order chi connectivity index (χ0) is 20.6. The molecule has 2 aliphatic rings. The molecule has 7 heteroatoms. The Morgan fingerprint density at radius 2 is 1.90 bits per heavy atom. The van der Waals surface area contributed by atoms with Gasteiger partial charge in [0.25, 0.3) is 5.91 Å². The predicted molar refractivity (Wildman–Crippen MR) is 104 cm³/mol. The fourth-order valence-corrected chi connectivity index (χ4v) is 3.87. The molecule has 0 bridgehead atoms. The zero-order valence-corrected chi connectivity index (χ0v) is 15.8. The maximum Gasteiger partial charge on any atom is 0.416 e. The van der Waals surface area contributed by atoms with Gasteiger partial charge in [-0.2, -0.15) is 13.2 Å². The van der Waals surface area contributed by atoms with Gasteiger partial charge in [-0.3, -0.25) is 9.79 Å². The fourth-order valence-electron chi connectivity index (χ4n) is 3.87. The molecule has 1 atom stereocenters. The summed E-state index contributed by atoms with van der Waals surface area (Å²) in [5.74, 6) is -0.255. The van der Waals surface area contributed by atoms with Gasteiger partial charge in [0.2, 0.25) is 0 Å². The molecule has 1 amide bonds. The van der Waals surface area contributed by atoms with Crippen LogP contribution in [0.25, 0.3) is 0 Å². The molecule has 0 radical (unpaired) electrons. The SMILES string of the molecule is CC1=C2C(=NCCN1)C(=O)N(Cc1ccccc1)C2c1cccc(C(F)(F)F)c1. The molecule has 4 rings (SSSR count). The molecule has 4 nitrogen and oxygen atoms in total. The lowest BCUT2D eigenvalue weighted by atomic mass is 9.95. The lowest BCUT2D eigenvalue weighted by Crippen LogP contribution is -2.30. The molecule has 1 saturated heterocycles. The summed E-state index contributed by atoms with van der Waals surface area (Å²) in [6.45, 7) is 3.16. The number of allylic oxidation sites excluding steroid dienone is 1. The minimum Gasteiger partial charge on any atom is -0.386 e. The molecule has 0 aromatic heterocycles. The van der Waals surface area contributed by atoms with Gasteiger partial charge in [-0.15, -0.1) is 0 Å². The number of nitrogens with one attached hydrogen (secondary N) is 1. The molecule has 0 saturated carbocycles. The lowest BCUT2D eigenvalue weighted by Gasteiger charge is -2.27. The molecule has 150 valence electrons. The van der Waals surface area contributed by atoms with E-state index in [-0.39, 0.29) is 12.5 Å². The molecule has 2 heterocycles. The van der Waals surface area contributed by atoms with Crippen molar-refractivity contribution in [3.63, 3.8) is 0 Å². The monoisotopic (exact) mass is 399 g/mol. The third-order valence-corrected chi connectivity index (χ3v) is 5.20. The van der Waals surface area contributed by atoms with Gasteiger partial charge in [0.15, 0.2) is 0 Å². The first kappa shape index (κ1) is 19.2. The van der Waals surface area contributed by atoms with Crippen molar-refractivity contribution in [3.05, 3.63) is 82.6 Å². The van der Waals surface area contributed by atoms with Crippen molar-refractivity contribution in [1.29, 1.82) is 0 Å². The molecule has 29 heavy (non-hydrogen) atoms. The van der Waals surface area contributed by atoms with Crippen molar-refractivity contribution in [2.45, 2.75) is 25.7 Å². The average molecular weight is 399 g/mol. The Morgan fingerprint density at radius 3 is 2.62 bits per heavy atom. The Hall–Kier alpha value is -3.09. The van der Waals surface area contributed by atoms with Crippen LogP contribution in [-0.4, -0.2) is 29.6 Å². The zero-order valence-electron chi connectivity index (χ0n) is 15.8. The molecular weight excluding hydrogens is 379 g/mol. The third-order valence-electron chi connectivity index (χ3n) is 5.20. The van der Waals surface area contributed by atoms with Gasteiger partial charge in [0, 0.05) is 24.4 Å². The van der Waals surface area contributed by atoms with E-state index in [0.29, 0.717) is 29.9 Å². The molecule has 1 unspecified atom stereocenters. The van der Waals surface area contributed by atoms with E-state index in [9.17, 15) is 18.0 Å². The number of alkyl halides is 3. The normalized spacial score (nSPS) is 19.6. The number of nitrogens with zero attached hydrogens (tertiary/aromatic N) is 2. The quantitative estimate of drug-likeness (QED) is 0.844. The number of benzene rings is 2. The Morgan fingerprint density at radius 1 is 1.14 bits per heavy atom. The van der Waals surface area contributed by atoms with Crippen molar-refractivity contribution in [2.24, 2.45) is 4.99 Å². The van der Waals surface area contributed by atoms with E-state index < -0.39 is 17.8 Å². The summed E-state index contributed by atoms with van der Waals surface area (Å²) < 4.78 is 40.0. The van der Waals surface area contributed by atoms with Crippen LogP contribution in [0.5, 0.6) is 0 Å². The topological polar surface area (TPSA) is 44.7 Å². The number of carbonyl (C=O) groups excluding carboxylic acids is 1. The lowest BCUT2D eigenvalue weighted by molar-refractivity contribution is -0.137. The summed E-state index contributed by atoms with van der Waals surface area (Å²) >= 11 is 0. The molecule has 2 aromatic rings. The van der Waals surface area contributed by atoms with Crippen LogP contribution in [0.15, 0.2) is 70.9 Å². The first-order valence-corrected chi connectivity index (χ1v) is 9.38.